The van der Waals surface area contributed by atoms with E-state index < -0.39 is 0 Å². The first-order chi connectivity index (χ1) is 5.36. The summed E-state index contributed by atoms with van der Waals surface area (Å²) in [5.74, 6) is 0. The summed E-state index contributed by atoms with van der Waals surface area (Å²) in [6.07, 6.45) is 3.13. The van der Waals surface area contributed by atoms with Crippen LogP contribution in [-0.4, -0.2) is 36.5 Å². The van der Waals surface area contributed by atoms with Crippen molar-refractivity contribution < 1.29 is 9.84 Å². The van der Waals surface area contributed by atoms with Crippen molar-refractivity contribution in [2.24, 2.45) is 0 Å². The van der Waals surface area contributed by atoms with Gasteiger partial charge in [0.1, 0.15) is 0 Å². The molecule has 1 aliphatic heterocycles. The summed E-state index contributed by atoms with van der Waals surface area (Å²) in [5, 5.41) is 12.8. The summed E-state index contributed by atoms with van der Waals surface area (Å²) >= 11 is 0. The van der Waals surface area contributed by atoms with Gasteiger partial charge in [0, 0.05) is 6.04 Å². The van der Waals surface area contributed by atoms with Gasteiger partial charge < -0.3 is 15.2 Å². The highest BCUT2D eigenvalue weighted by molar-refractivity contribution is 4.87. The third-order valence-electron chi connectivity index (χ3n) is 2.57. The van der Waals surface area contributed by atoms with E-state index in [1.807, 2.05) is 0 Å². The zero-order valence-corrected chi connectivity index (χ0v) is 6.62. The summed E-state index contributed by atoms with van der Waals surface area (Å²) in [6.45, 7) is 1.65. The Morgan fingerprint density at radius 3 is 2.55 bits per heavy atom. The Hall–Kier alpha value is -0.120. The van der Waals surface area contributed by atoms with Crippen LogP contribution in [0.2, 0.25) is 0 Å². The molecule has 2 fully saturated rings. The van der Waals surface area contributed by atoms with Crippen LogP contribution in [0.1, 0.15) is 19.3 Å². The smallest absolute Gasteiger partial charge is 0.0693 e. The predicted octanol–water partition coefficient (Wildman–Crippen LogP) is -0.112. The Morgan fingerprint density at radius 2 is 2.09 bits per heavy atom. The Balaban J connectivity index is 1.75. The van der Waals surface area contributed by atoms with Crippen molar-refractivity contribution in [2.75, 3.05) is 13.2 Å². The standard InChI is InChI=1S/C8H15NO2/c10-8-3-1-2-7(8)9-6-4-11-5-6/h6-10H,1-5H2. The van der Waals surface area contributed by atoms with E-state index in [1.165, 1.54) is 0 Å². The first-order valence-electron chi connectivity index (χ1n) is 4.38. The topological polar surface area (TPSA) is 41.5 Å². The van der Waals surface area contributed by atoms with Crippen molar-refractivity contribution in [3.8, 4) is 0 Å². The van der Waals surface area contributed by atoms with Crippen LogP contribution in [0.3, 0.4) is 0 Å². The fourth-order valence-electron chi connectivity index (χ4n) is 1.77. The number of aliphatic hydroxyl groups excluding tert-OH is 1. The average molecular weight is 157 g/mol. The number of aliphatic hydroxyl groups is 1. The first kappa shape index (κ1) is 7.53. The number of rotatable bonds is 2. The molecule has 2 aliphatic rings. The van der Waals surface area contributed by atoms with Crippen LogP contribution < -0.4 is 5.32 Å². The number of ether oxygens (including phenoxy) is 1. The van der Waals surface area contributed by atoms with Crippen LogP contribution in [0.5, 0.6) is 0 Å². The van der Waals surface area contributed by atoms with E-state index in [4.69, 9.17) is 4.74 Å². The number of hydrogen-bond acceptors (Lipinski definition) is 3. The van der Waals surface area contributed by atoms with Crippen molar-refractivity contribution in [2.45, 2.75) is 37.5 Å². The van der Waals surface area contributed by atoms with Gasteiger partial charge in [-0.15, -0.1) is 0 Å². The summed E-state index contributed by atoms with van der Waals surface area (Å²) < 4.78 is 5.04. The monoisotopic (exact) mass is 157 g/mol. The van der Waals surface area contributed by atoms with Crippen LogP contribution in [0.4, 0.5) is 0 Å². The maximum absolute atomic E-state index is 9.45. The van der Waals surface area contributed by atoms with Crippen molar-refractivity contribution in [3.05, 3.63) is 0 Å². The van der Waals surface area contributed by atoms with Crippen LogP contribution in [0.25, 0.3) is 0 Å². The van der Waals surface area contributed by atoms with E-state index in [0.717, 1.165) is 32.5 Å². The van der Waals surface area contributed by atoms with Gasteiger partial charge >= 0.3 is 0 Å². The molecule has 0 bridgehead atoms. The molecule has 3 heteroatoms. The van der Waals surface area contributed by atoms with Crippen LogP contribution in [0, 0.1) is 0 Å². The molecule has 11 heavy (non-hydrogen) atoms. The summed E-state index contributed by atoms with van der Waals surface area (Å²) in [7, 11) is 0. The fourth-order valence-corrected chi connectivity index (χ4v) is 1.77. The Bertz CT molecular complexity index is 136. The molecule has 0 amide bonds. The maximum Gasteiger partial charge on any atom is 0.0693 e. The lowest BCUT2D eigenvalue weighted by atomic mass is 10.1. The number of nitrogens with one attached hydrogen (secondary N) is 1. The van der Waals surface area contributed by atoms with Crippen molar-refractivity contribution in [1.29, 1.82) is 0 Å². The van der Waals surface area contributed by atoms with Gasteiger partial charge in [0.15, 0.2) is 0 Å². The van der Waals surface area contributed by atoms with Gasteiger partial charge in [-0.05, 0) is 19.3 Å². The van der Waals surface area contributed by atoms with Gasteiger partial charge in [0.25, 0.3) is 0 Å². The van der Waals surface area contributed by atoms with E-state index in [9.17, 15) is 5.11 Å². The van der Waals surface area contributed by atoms with E-state index in [-0.39, 0.29) is 6.10 Å². The second-order valence-electron chi connectivity index (χ2n) is 3.51. The molecule has 1 heterocycles. The highest BCUT2D eigenvalue weighted by Crippen LogP contribution is 2.20. The third kappa shape index (κ3) is 1.55. The molecule has 0 radical (unpaired) electrons. The van der Waals surface area contributed by atoms with Gasteiger partial charge in [-0.25, -0.2) is 0 Å². The van der Waals surface area contributed by atoms with Crippen LogP contribution >= 0.6 is 0 Å². The Labute approximate surface area is 66.7 Å². The van der Waals surface area contributed by atoms with Crippen LogP contribution in [-0.2, 0) is 4.74 Å². The molecule has 64 valence electrons. The van der Waals surface area contributed by atoms with E-state index >= 15 is 0 Å². The second-order valence-corrected chi connectivity index (χ2v) is 3.51. The maximum atomic E-state index is 9.45. The molecule has 2 rings (SSSR count). The van der Waals surface area contributed by atoms with Crippen molar-refractivity contribution in [3.63, 3.8) is 0 Å². The fraction of sp³-hybridized carbons (Fsp3) is 1.00. The lowest BCUT2D eigenvalue weighted by Gasteiger charge is -2.31. The molecular formula is C8H15NO2. The summed E-state index contributed by atoms with van der Waals surface area (Å²) in [4.78, 5) is 0. The van der Waals surface area contributed by atoms with Gasteiger partial charge in [-0.2, -0.15) is 0 Å². The van der Waals surface area contributed by atoms with Gasteiger partial charge in [-0.3, -0.25) is 0 Å². The second kappa shape index (κ2) is 3.09. The minimum Gasteiger partial charge on any atom is -0.392 e. The van der Waals surface area contributed by atoms with Gasteiger partial charge in [-0.1, -0.05) is 0 Å². The molecule has 1 saturated heterocycles. The van der Waals surface area contributed by atoms with E-state index in [0.29, 0.717) is 12.1 Å². The van der Waals surface area contributed by atoms with E-state index in [2.05, 4.69) is 5.32 Å². The molecule has 3 nitrogen and oxygen atoms in total. The molecule has 1 aliphatic carbocycles. The average Bonchev–Trinajstić information content (AvgIpc) is 2.27. The summed E-state index contributed by atoms with van der Waals surface area (Å²) in [5.41, 5.74) is 0. The highest BCUT2D eigenvalue weighted by atomic mass is 16.5. The molecule has 2 atom stereocenters. The summed E-state index contributed by atoms with van der Waals surface area (Å²) in [6, 6.07) is 0.844. The molecule has 2 unspecified atom stereocenters. The normalized spacial score (nSPS) is 39.0. The molecule has 0 aromatic heterocycles. The minimum absolute atomic E-state index is 0.115. The van der Waals surface area contributed by atoms with Crippen molar-refractivity contribution >= 4 is 0 Å². The molecule has 0 spiro atoms. The lowest BCUT2D eigenvalue weighted by molar-refractivity contribution is -0.0166. The molecular weight excluding hydrogens is 142 g/mol. The third-order valence-corrected chi connectivity index (χ3v) is 2.57. The van der Waals surface area contributed by atoms with E-state index in [1.54, 1.807) is 0 Å². The zero-order chi connectivity index (χ0) is 7.68. The predicted molar refractivity (Wildman–Crippen MR) is 41.4 cm³/mol. The van der Waals surface area contributed by atoms with Crippen LogP contribution in [0.15, 0.2) is 0 Å². The Morgan fingerprint density at radius 1 is 1.27 bits per heavy atom. The van der Waals surface area contributed by atoms with Crippen molar-refractivity contribution in [1.82, 2.24) is 5.32 Å². The highest BCUT2D eigenvalue weighted by Gasteiger charge is 2.29. The molecule has 2 N–H and O–H groups in total. The Kier molecular flexibility index (Phi) is 2.11. The SMILES string of the molecule is OC1CCCC1NC1COC1. The number of hydrogen-bond donors (Lipinski definition) is 2. The minimum atomic E-state index is -0.115. The molecule has 1 saturated carbocycles. The molecule has 0 aromatic rings. The van der Waals surface area contributed by atoms with Gasteiger partial charge in [0.2, 0.25) is 0 Å². The van der Waals surface area contributed by atoms with Gasteiger partial charge in [0.05, 0.1) is 25.4 Å². The first-order valence-corrected chi connectivity index (χ1v) is 4.38. The largest absolute Gasteiger partial charge is 0.392 e. The quantitative estimate of drug-likeness (QED) is 0.587. The lowest BCUT2D eigenvalue weighted by Crippen LogP contribution is -2.52. The zero-order valence-electron chi connectivity index (χ0n) is 6.62. The molecule has 0 aromatic carbocycles.